The molecule has 1 heterocycles. The van der Waals surface area contributed by atoms with Crippen LogP contribution in [0.1, 0.15) is 59.8 Å². The standard InChI is InChI=1S/C15H25NO2/c1-14(2)10-12(17)11-15(3,4)16(14)18-13-8-6-5-7-9-13/h5-6,13H,7-11H2,1-4H3. The predicted octanol–water partition coefficient (Wildman–Crippen LogP) is 3.25. The van der Waals surface area contributed by atoms with Crippen LogP contribution in [0.15, 0.2) is 12.2 Å². The van der Waals surface area contributed by atoms with Crippen LogP contribution in [0.4, 0.5) is 0 Å². The summed E-state index contributed by atoms with van der Waals surface area (Å²) in [5.41, 5.74) is -0.417. The summed E-state index contributed by atoms with van der Waals surface area (Å²) in [7, 11) is 0. The van der Waals surface area contributed by atoms with Crippen molar-refractivity contribution in [2.45, 2.75) is 77.0 Å². The van der Waals surface area contributed by atoms with E-state index in [4.69, 9.17) is 4.84 Å². The van der Waals surface area contributed by atoms with Crippen molar-refractivity contribution >= 4 is 5.78 Å². The smallest absolute Gasteiger partial charge is 0.136 e. The maximum atomic E-state index is 11.8. The Morgan fingerprint density at radius 2 is 1.78 bits per heavy atom. The van der Waals surface area contributed by atoms with Crippen LogP contribution in [-0.4, -0.2) is 28.0 Å². The molecule has 0 amide bonds. The van der Waals surface area contributed by atoms with Crippen LogP contribution < -0.4 is 0 Å². The molecule has 0 bridgehead atoms. The molecule has 1 aliphatic carbocycles. The van der Waals surface area contributed by atoms with E-state index in [-0.39, 0.29) is 17.2 Å². The summed E-state index contributed by atoms with van der Waals surface area (Å²) in [4.78, 5) is 18.1. The van der Waals surface area contributed by atoms with Crippen molar-refractivity contribution in [3.8, 4) is 0 Å². The molecule has 2 rings (SSSR count). The molecular weight excluding hydrogens is 226 g/mol. The van der Waals surface area contributed by atoms with E-state index in [1.54, 1.807) is 0 Å². The molecule has 102 valence electrons. The molecule has 18 heavy (non-hydrogen) atoms. The molecule has 0 aromatic rings. The number of allylic oxidation sites excluding steroid dienone is 1. The number of ketones is 1. The van der Waals surface area contributed by atoms with Crippen molar-refractivity contribution in [1.29, 1.82) is 0 Å². The SMILES string of the molecule is CC1(C)CC(=O)CC(C)(C)N1OC1CC=CCC1. The van der Waals surface area contributed by atoms with E-state index in [1.807, 2.05) is 0 Å². The Hall–Kier alpha value is -0.670. The molecule has 0 aromatic heterocycles. The Morgan fingerprint density at radius 3 is 2.28 bits per heavy atom. The second-order valence-corrected chi connectivity index (χ2v) is 6.82. The number of carbonyl (C=O) groups is 1. The minimum Gasteiger partial charge on any atom is -0.300 e. The number of hydrogen-bond acceptors (Lipinski definition) is 3. The number of piperidine rings is 1. The van der Waals surface area contributed by atoms with E-state index in [1.165, 1.54) is 0 Å². The van der Waals surface area contributed by atoms with Gasteiger partial charge in [-0.1, -0.05) is 12.2 Å². The number of Topliss-reactive ketones (excluding diaryl/α,β-unsaturated/α-hetero) is 1. The van der Waals surface area contributed by atoms with Crippen LogP contribution in [0, 0.1) is 0 Å². The van der Waals surface area contributed by atoms with Gasteiger partial charge in [0.25, 0.3) is 0 Å². The van der Waals surface area contributed by atoms with Gasteiger partial charge in [-0.3, -0.25) is 9.63 Å². The lowest BCUT2D eigenvalue weighted by molar-refractivity contribution is -0.299. The number of hydroxylamine groups is 2. The number of hydrogen-bond donors (Lipinski definition) is 0. The van der Waals surface area contributed by atoms with Gasteiger partial charge in [-0.15, -0.1) is 0 Å². The van der Waals surface area contributed by atoms with Crippen LogP contribution in [-0.2, 0) is 9.63 Å². The van der Waals surface area contributed by atoms with Crippen LogP contribution in [0.2, 0.25) is 0 Å². The number of carbonyl (C=O) groups excluding carboxylic acids is 1. The summed E-state index contributed by atoms with van der Waals surface area (Å²) < 4.78 is 0. The van der Waals surface area contributed by atoms with E-state index in [9.17, 15) is 4.79 Å². The Kier molecular flexibility index (Phi) is 3.65. The van der Waals surface area contributed by atoms with Crippen molar-refractivity contribution in [2.24, 2.45) is 0 Å². The summed E-state index contributed by atoms with van der Waals surface area (Å²) >= 11 is 0. The quantitative estimate of drug-likeness (QED) is 0.706. The van der Waals surface area contributed by atoms with E-state index in [2.05, 4.69) is 44.9 Å². The fourth-order valence-corrected chi connectivity index (χ4v) is 3.29. The maximum Gasteiger partial charge on any atom is 0.136 e. The minimum absolute atomic E-state index is 0.208. The fraction of sp³-hybridized carbons (Fsp3) is 0.800. The zero-order valence-corrected chi connectivity index (χ0v) is 12.0. The molecule has 1 aliphatic heterocycles. The third-order valence-corrected chi connectivity index (χ3v) is 3.83. The van der Waals surface area contributed by atoms with Gasteiger partial charge in [0.2, 0.25) is 0 Å². The van der Waals surface area contributed by atoms with Gasteiger partial charge < -0.3 is 0 Å². The summed E-state index contributed by atoms with van der Waals surface area (Å²) in [5.74, 6) is 0.341. The lowest BCUT2D eigenvalue weighted by Gasteiger charge is -2.51. The molecule has 0 aromatic carbocycles. The van der Waals surface area contributed by atoms with Crippen LogP contribution in [0.5, 0.6) is 0 Å². The van der Waals surface area contributed by atoms with Gasteiger partial charge in [-0.2, -0.15) is 5.06 Å². The Labute approximate surface area is 110 Å². The second-order valence-electron chi connectivity index (χ2n) is 6.82. The van der Waals surface area contributed by atoms with Crippen LogP contribution >= 0.6 is 0 Å². The molecule has 0 N–H and O–H groups in total. The molecule has 1 saturated heterocycles. The second kappa shape index (κ2) is 4.78. The average Bonchev–Trinajstić information content (AvgIpc) is 2.23. The molecule has 1 fully saturated rings. The molecule has 1 atom stereocenters. The molecule has 3 heteroatoms. The first-order valence-electron chi connectivity index (χ1n) is 6.95. The lowest BCUT2D eigenvalue weighted by atomic mass is 9.81. The van der Waals surface area contributed by atoms with E-state index in [0.29, 0.717) is 18.6 Å². The zero-order valence-electron chi connectivity index (χ0n) is 12.0. The van der Waals surface area contributed by atoms with Crippen molar-refractivity contribution in [3.63, 3.8) is 0 Å². The van der Waals surface area contributed by atoms with Crippen LogP contribution in [0.3, 0.4) is 0 Å². The third kappa shape index (κ3) is 2.83. The van der Waals surface area contributed by atoms with Gasteiger partial charge in [0.1, 0.15) is 5.78 Å². The number of nitrogens with zero attached hydrogens (tertiary/aromatic N) is 1. The summed E-state index contributed by atoms with van der Waals surface area (Å²) in [6, 6.07) is 0. The highest BCUT2D eigenvalue weighted by Crippen LogP contribution is 2.38. The first kappa shape index (κ1) is 13.8. The van der Waals surface area contributed by atoms with Gasteiger partial charge >= 0.3 is 0 Å². The minimum atomic E-state index is -0.208. The fourth-order valence-electron chi connectivity index (χ4n) is 3.29. The molecule has 0 spiro atoms. The number of rotatable bonds is 2. The molecule has 1 unspecified atom stereocenters. The summed E-state index contributed by atoms with van der Waals surface area (Å²) in [5, 5.41) is 2.09. The topological polar surface area (TPSA) is 29.5 Å². The monoisotopic (exact) mass is 251 g/mol. The Morgan fingerprint density at radius 1 is 1.17 bits per heavy atom. The predicted molar refractivity (Wildman–Crippen MR) is 72.1 cm³/mol. The zero-order chi connectivity index (χ0) is 13.4. The highest BCUT2D eigenvalue weighted by molar-refractivity contribution is 5.81. The first-order valence-corrected chi connectivity index (χ1v) is 6.95. The highest BCUT2D eigenvalue weighted by atomic mass is 16.7. The average molecular weight is 251 g/mol. The van der Waals surface area contributed by atoms with Crippen molar-refractivity contribution in [2.75, 3.05) is 0 Å². The molecule has 0 radical (unpaired) electrons. The van der Waals surface area contributed by atoms with Crippen molar-refractivity contribution < 1.29 is 9.63 Å². The summed E-state index contributed by atoms with van der Waals surface area (Å²) in [6.07, 6.45) is 9.00. The van der Waals surface area contributed by atoms with Gasteiger partial charge in [-0.05, 0) is 47.0 Å². The van der Waals surface area contributed by atoms with E-state index >= 15 is 0 Å². The van der Waals surface area contributed by atoms with Gasteiger partial charge in [-0.25, -0.2) is 0 Å². The third-order valence-electron chi connectivity index (χ3n) is 3.83. The molecular formula is C15H25NO2. The highest BCUT2D eigenvalue weighted by Gasteiger charge is 2.46. The van der Waals surface area contributed by atoms with Gasteiger partial charge in [0, 0.05) is 23.9 Å². The molecule has 0 saturated carbocycles. The first-order chi connectivity index (χ1) is 8.31. The Bertz CT molecular complexity index is 338. The molecule has 2 aliphatic rings. The Balaban J connectivity index is 2.12. The van der Waals surface area contributed by atoms with Gasteiger partial charge in [0.15, 0.2) is 0 Å². The van der Waals surface area contributed by atoms with E-state index in [0.717, 1.165) is 19.3 Å². The van der Waals surface area contributed by atoms with E-state index < -0.39 is 0 Å². The lowest BCUT2D eigenvalue weighted by Crippen LogP contribution is -2.61. The van der Waals surface area contributed by atoms with Crippen LogP contribution in [0.25, 0.3) is 0 Å². The maximum absolute atomic E-state index is 11.8. The van der Waals surface area contributed by atoms with Gasteiger partial charge in [0.05, 0.1) is 6.10 Å². The normalized spacial score (nSPS) is 31.6. The summed E-state index contributed by atoms with van der Waals surface area (Å²) in [6.45, 7) is 8.41. The largest absolute Gasteiger partial charge is 0.300 e. The van der Waals surface area contributed by atoms with Crippen molar-refractivity contribution in [3.05, 3.63) is 12.2 Å². The van der Waals surface area contributed by atoms with Crippen molar-refractivity contribution in [1.82, 2.24) is 5.06 Å². The molecule has 3 nitrogen and oxygen atoms in total.